The van der Waals surface area contributed by atoms with Crippen LogP contribution in [0.2, 0.25) is 0 Å². The highest BCUT2D eigenvalue weighted by Gasteiger charge is 2.34. The average Bonchev–Trinajstić information content (AvgIpc) is 2.86. The van der Waals surface area contributed by atoms with Crippen LogP contribution in [0.15, 0.2) is 42.6 Å². The fraction of sp³-hybridized carbons (Fsp3) is 0.400. The second-order valence-corrected chi connectivity index (χ2v) is 8.61. The van der Waals surface area contributed by atoms with Gasteiger partial charge in [0.15, 0.2) is 0 Å². The van der Waals surface area contributed by atoms with E-state index in [2.05, 4.69) is 20.6 Å². The summed E-state index contributed by atoms with van der Waals surface area (Å²) in [5.74, 6) is 0.584. The van der Waals surface area contributed by atoms with Gasteiger partial charge in [-0.05, 0) is 50.5 Å². The van der Waals surface area contributed by atoms with Crippen LogP contribution in [-0.2, 0) is 12.7 Å². The number of halogens is 3. The summed E-state index contributed by atoms with van der Waals surface area (Å²) in [5.41, 5.74) is 0.0671. The van der Waals surface area contributed by atoms with Crippen molar-refractivity contribution in [2.75, 3.05) is 30.0 Å². The highest BCUT2D eigenvalue weighted by molar-refractivity contribution is 6.03. The minimum atomic E-state index is -4.56. The van der Waals surface area contributed by atoms with Crippen molar-refractivity contribution in [2.45, 2.75) is 44.9 Å². The van der Waals surface area contributed by atoms with Gasteiger partial charge in [0, 0.05) is 41.7 Å². The Balaban J connectivity index is 1.52. The summed E-state index contributed by atoms with van der Waals surface area (Å²) in [6, 6.07) is 8.83. The molecule has 1 unspecified atom stereocenters. The molecule has 1 atom stereocenters. The van der Waals surface area contributed by atoms with E-state index in [9.17, 15) is 18.0 Å². The van der Waals surface area contributed by atoms with Crippen LogP contribution < -0.4 is 20.3 Å². The molecule has 36 heavy (non-hydrogen) atoms. The Kier molecular flexibility index (Phi) is 7.78. The zero-order valence-corrected chi connectivity index (χ0v) is 19.8. The van der Waals surface area contributed by atoms with E-state index < -0.39 is 17.9 Å². The minimum absolute atomic E-state index is 0.00665. The van der Waals surface area contributed by atoms with Crippen molar-refractivity contribution in [3.8, 4) is 5.88 Å². The van der Waals surface area contributed by atoms with Crippen molar-refractivity contribution in [1.82, 2.24) is 15.3 Å². The monoisotopic (exact) mass is 503 g/mol. The Morgan fingerprint density at radius 2 is 2.03 bits per heavy atom. The number of fused-ring (bicyclic) bond motifs is 1. The highest BCUT2D eigenvalue weighted by Crippen LogP contribution is 2.33. The molecular formula is C25H28F3N5O3. The van der Waals surface area contributed by atoms with E-state index in [1.54, 1.807) is 24.3 Å². The molecule has 1 aliphatic heterocycles. The smallest absolute Gasteiger partial charge is 0.433 e. The molecule has 1 aromatic carbocycles. The molecule has 3 heterocycles. The summed E-state index contributed by atoms with van der Waals surface area (Å²) in [5, 5.41) is 15.9. The first-order valence-electron chi connectivity index (χ1n) is 11.8. The fourth-order valence-corrected chi connectivity index (χ4v) is 4.32. The Bertz CT molecular complexity index is 1220. The maximum Gasteiger partial charge on any atom is 0.433 e. The van der Waals surface area contributed by atoms with Crippen LogP contribution in [0.1, 0.15) is 37.4 Å². The normalized spacial score (nSPS) is 16.1. The van der Waals surface area contributed by atoms with Gasteiger partial charge in [0.1, 0.15) is 18.1 Å². The van der Waals surface area contributed by atoms with Crippen molar-refractivity contribution < 1.29 is 27.8 Å². The predicted octanol–water partition coefficient (Wildman–Crippen LogP) is 4.72. The zero-order valence-electron chi connectivity index (χ0n) is 19.8. The Morgan fingerprint density at radius 3 is 2.78 bits per heavy atom. The van der Waals surface area contributed by atoms with Crippen molar-refractivity contribution in [2.24, 2.45) is 0 Å². The molecule has 3 N–H and O–H groups in total. The molecule has 11 heteroatoms. The SMILES string of the molecule is CC1CCCCN1c1nc(C(F)(F)F)ccc1CNC(=O)Nc1cccc2c(OCCO)nccc12. The molecule has 1 saturated heterocycles. The highest BCUT2D eigenvalue weighted by atomic mass is 19.4. The van der Waals surface area contributed by atoms with E-state index in [0.29, 0.717) is 34.4 Å². The number of ether oxygens (including phenoxy) is 1. The third kappa shape index (κ3) is 5.78. The predicted molar refractivity (Wildman–Crippen MR) is 130 cm³/mol. The lowest BCUT2D eigenvalue weighted by atomic mass is 10.0. The summed E-state index contributed by atoms with van der Waals surface area (Å²) in [4.78, 5) is 22.8. The van der Waals surface area contributed by atoms with Gasteiger partial charge in [-0.25, -0.2) is 14.8 Å². The van der Waals surface area contributed by atoms with Gasteiger partial charge >= 0.3 is 12.2 Å². The molecular weight excluding hydrogens is 475 g/mol. The largest absolute Gasteiger partial charge is 0.475 e. The number of anilines is 2. The Labute approximate surface area is 206 Å². The molecule has 2 amide bonds. The third-order valence-electron chi connectivity index (χ3n) is 6.11. The maximum absolute atomic E-state index is 13.4. The number of urea groups is 1. The molecule has 0 aliphatic carbocycles. The van der Waals surface area contributed by atoms with Gasteiger partial charge in [0.25, 0.3) is 0 Å². The number of nitrogens with zero attached hydrogens (tertiary/aromatic N) is 3. The fourth-order valence-electron chi connectivity index (χ4n) is 4.32. The van der Waals surface area contributed by atoms with Gasteiger partial charge in [0.2, 0.25) is 5.88 Å². The standard InChI is InChI=1S/C25H28F3N5O3/c1-16-5-2-3-12-33(16)22-17(8-9-21(32-22)25(26,27)28)15-30-24(35)31-20-7-4-6-19-18(20)10-11-29-23(19)36-14-13-34/h4,6-11,16,34H,2-3,5,12-15H2,1H3,(H2,30,31,35). The van der Waals surface area contributed by atoms with E-state index in [1.807, 2.05) is 11.8 Å². The van der Waals surface area contributed by atoms with Crippen LogP contribution in [0.3, 0.4) is 0 Å². The van der Waals surface area contributed by atoms with Gasteiger partial charge in [-0.1, -0.05) is 12.1 Å². The first-order valence-corrected chi connectivity index (χ1v) is 11.8. The van der Waals surface area contributed by atoms with E-state index in [-0.39, 0.29) is 31.6 Å². The topological polar surface area (TPSA) is 99.6 Å². The van der Waals surface area contributed by atoms with Gasteiger partial charge in [0.05, 0.1) is 12.3 Å². The number of aliphatic hydroxyl groups excluding tert-OH is 1. The van der Waals surface area contributed by atoms with Crippen LogP contribution in [0.5, 0.6) is 5.88 Å². The van der Waals surface area contributed by atoms with E-state index in [4.69, 9.17) is 9.84 Å². The number of hydrogen-bond acceptors (Lipinski definition) is 6. The number of nitrogens with one attached hydrogen (secondary N) is 2. The van der Waals surface area contributed by atoms with Crippen molar-refractivity contribution in [1.29, 1.82) is 0 Å². The number of amides is 2. The maximum atomic E-state index is 13.4. The van der Waals surface area contributed by atoms with Crippen LogP contribution >= 0.6 is 0 Å². The average molecular weight is 504 g/mol. The third-order valence-corrected chi connectivity index (χ3v) is 6.11. The number of piperidine rings is 1. The number of alkyl halides is 3. The van der Waals surface area contributed by atoms with Crippen LogP contribution in [0.25, 0.3) is 10.8 Å². The zero-order chi connectivity index (χ0) is 25.7. The molecule has 8 nitrogen and oxygen atoms in total. The second kappa shape index (κ2) is 11.0. The van der Waals surface area contributed by atoms with Gasteiger partial charge in [-0.15, -0.1) is 0 Å². The molecule has 4 rings (SSSR count). The number of rotatable bonds is 7. The lowest BCUT2D eigenvalue weighted by Gasteiger charge is -2.36. The van der Waals surface area contributed by atoms with E-state index in [1.165, 1.54) is 12.3 Å². The summed E-state index contributed by atoms with van der Waals surface area (Å²) >= 11 is 0. The summed E-state index contributed by atoms with van der Waals surface area (Å²) in [6.07, 6.45) is -0.265. The van der Waals surface area contributed by atoms with Crippen LogP contribution in [-0.4, -0.2) is 46.9 Å². The lowest BCUT2D eigenvalue weighted by Crippen LogP contribution is -2.39. The van der Waals surface area contributed by atoms with Gasteiger partial charge < -0.3 is 25.4 Å². The number of benzene rings is 1. The Morgan fingerprint density at radius 1 is 1.19 bits per heavy atom. The van der Waals surface area contributed by atoms with Crippen molar-refractivity contribution in [3.05, 3.63) is 53.9 Å². The molecule has 0 saturated carbocycles. The molecule has 192 valence electrons. The molecule has 1 fully saturated rings. The number of pyridine rings is 2. The minimum Gasteiger partial charge on any atom is -0.475 e. The molecule has 0 spiro atoms. The number of aromatic nitrogens is 2. The number of carbonyl (C=O) groups excluding carboxylic acids is 1. The summed E-state index contributed by atoms with van der Waals surface area (Å²) in [6.45, 7) is 2.52. The number of hydrogen-bond donors (Lipinski definition) is 3. The van der Waals surface area contributed by atoms with Gasteiger partial charge in [-0.3, -0.25) is 0 Å². The molecule has 2 aromatic heterocycles. The van der Waals surface area contributed by atoms with Crippen LogP contribution in [0.4, 0.5) is 29.5 Å². The molecule has 3 aromatic rings. The lowest BCUT2D eigenvalue weighted by molar-refractivity contribution is -0.141. The van der Waals surface area contributed by atoms with Crippen molar-refractivity contribution >= 4 is 28.3 Å². The first kappa shape index (κ1) is 25.5. The van der Waals surface area contributed by atoms with Crippen molar-refractivity contribution in [3.63, 3.8) is 0 Å². The first-order chi connectivity index (χ1) is 17.3. The summed E-state index contributed by atoms with van der Waals surface area (Å²) < 4.78 is 45.5. The van der Waals surface area contributed by atoms with Crippen LogP contribution in [0, 0.1) is 0 Å². The second-order valence-electron chi connectivity index (χ2n) is 8.61. The number of aliphatic hydroxyl groups is 1. The molecule has 1 aliphatic rings. The Hall–Kier alpha value is -3.60. The molecule has 0 bridgehead atoms. The number of carbonyl (C=O) groups is 1. The quantitative estimate of drug-likeness (QED) is 0.432. The molecule has 0 radical (unpaired) electrons. The van der Waals surface area contributed by atoms with E-state index >= 15 is 0 Å². The van der Waals surface area contributed by atoms with Gasteiger partial charge in [-0.2, -0.15) is 13.2 Å². The van der Waals surface area contributed by atoms with E-state index in [0.717, 1.165) is 25.3 Å². The summed E-state index contributed by atoms with van der Waals surface area (Å²) in [7, 11) is 0.